The average Bonchev–Trinajstić information content (AvgIpc) is 2.73. The lowest BCUT2D eigenvalue weighted by Gasteiger charge is -2.19. The topological polar surface area (TPSA) is 51.7 Å². The maximum Gasteiger partial charge on any atom is 0.261 e. The second-order valence-corrected chi connectivity index (χ2v) is 5.64. The molecule has 27 heavy (non-hydrogen) atoms. The second kappa shape index (κ2) is 8.54. The Bertz CT molecular complexity index is 947. The number of hydrogen-bond acceptors (Lipinski definition) is 4. The number of amides is 1. The monoisotopic (exact) mass is 358 g/mol. The number of hydrogen-bond donors (Lipinski definition) is 0. The first-order valence-electron chi connectivity index (χ1n) is 8.30. The molecular weight excluding hydrogens is 340 g/mol. The lowest BCUT2D eigenvalue weighted by atomic mass is 10.1. The number of para-hydroxylation sites is 1. The largest absolute Gasteiger partial charge is 0.481 e. The van der Waals surface area contributed by atoms with Gasteiger partial charge in [-0.25, -0.2) is 0 Å². The highest BCUT2D eigenvalue weighted by molar-refractivity contribution is 6.07. The summed E-state index contributed by atoms with van der Waals surface area (Å²) in [7, 11) is 1.71. The number of benzene rings is 2. The van der Waals surface area contributed by atoms with Crippen LogP contribution >= 0.6 is 0 Å². The minimum atomic E-state index is -0.188. The molecule has 1 heterocycles. The molecule has 0 aliphatic heterocycles. The van der Waals surface area contributed by atoms with E-state index in [1.54, 1.807) is 78.9 Å². The Labute approximate surface area is 158 Å². The SMILES string of the molecule is C#CCOc1ccc(N(C)C(=O)c2ccccc2Oc2cccnc2)cc1. The van der Waals surface area contributed by atoms with Gasteiger partial charge in [0.05, 0.1) is 11.8 Å². The predicted octanol–water partition coefficient (Wildman–Crippen LogP) is 4.16. The Hall–Kier alpha value is -3.78. The summed E-state index contributed by atoms with van der Waals surface area (Å²) in [5.74, 6) is 3.91. The van der Waals surface area contributed by atoms with Gasteiger partial charge in [0.1, 0.15) is 23.9 Å². The maximum absolute atomic E-state index is 13.0. The summed E-state index contributed by atoms with van der Waals surface area (Å²) in [4.78, 5) is 18.6. The number of nitrogens with zero attached hydrogens (tertiary/aromatic N) is 2. The molecule has 5 heteroatoms. The summed E-state index contributed by atoms with van der Waals surface area (Å²) in [6, 6.07) is 17.8. The third kappa shape index (κ3) is 4.44. The van der Waals surface area contributed by atoms with Crippen molar-refractivity contribution in [3.05, 3.63) is 78.6 Å². The minimum Gasteiger partial charge on any atom is -0.481 e. The highest BCUT2D eigenvalue weighted by Crippen LogP contribution is 2.27. The molecule has 2 aromatic carbocycles. The van der Waals surface area contributed by atoms with Crippen LogP contribution in [0, 0.1) is 12.3 Å². The van der Waals surface area contributed by atoms with E-state index in [0.29, 0.717) is 22.8 Å². The van der Waals surface area contributed by atoms with E-state index in [1.807, 2.05) is 6.07 Å². The first kappa shape index (κ1) is 18.0. The van der Waals surface area contributed by atoms with E-state index >= 15 is 0 Å². The molecule has 0 aliphatic rings. The average molecular weight is 358 g/mol. The van der Waals surface area contributed by atoms with Crippen molar-refractivity contribution in [3.8, 4) is 29.6 Å². The highest BCUT2D eigenvalue weighted by atomic mass is 16.5. The van der Waals surface area contributed by atoms with E-state index in [0.717, 1.165) is 5.69 Å². The number of terminal acetylenes is 1. The van der Waals surface area contributed by atoms with E-state index in [2.05, 4.69) is 10.9 Å². The highest BCUT2D eigenvalue weighted by Gasteiger charge is 2.18. The van der Waals surface area contributed by atoms with Crippen LogP contribution in [0.4, 0.5) is 5.69 Å². The Morgan fingerprint density at radius 2 is 1.85 bits per heavy atom. The van der Waals surface area contributed by atoms with Gasteiger partial charge in [-0.15, -0.1) is 6.42 Å². The van der Waals surface area contributed by atoms with E-state index in [9.17, 15) is 4.79 Å². The first-order valence-corrected chi connectivity index (χ1v) is 8.30. The number of carbonyl (C=O) groups is 1. The summed E-state index contributed by atoms with van der Waals surface area (Å²) in [6.07, 6.45) is 8.44. The fraction of sp³-hybridized carbons (Fsp3) is 0.0909. The Morgan fingerprint density at radius 3 is 2.56 bits per heavy atom. The fourth-order valence-corrected chi connectivity index (χ4v) is 2.46. The Balaban J connectivity index is 1.80. The van der Waals surface area contributed by atoms with E-state index in [1.165, 1.54) is 0 Å². The molecule has 134 valence electrons. The van der Waals surface area contributed by atoms with Crippen molar-refractivity contribution in [2.75, 3.05) is 18.6 Å². The van der Waals surface area contributed by atoms with Gasteiger partial charge >= 0.3 is 0 Å². The molecule has 5 nitrogen and oxygen atoms in total. The van der Waals surface area contributed by atoms with Gasteiger partial charge in [-0.2, -0.15) is 0 Å². The zero-order valence-corrected chi connectivity index (χ0v) is 14.8. The lowest BCUT2D eigenvalue weighted by molar-refractivity contribution is 0.0990. The number of carbonyl (C=O) groups excluding carboxylic acids is 1. The summed E-state index contributed by atoms with van der Waals surface area (Å²) in [5.41, 5.74) is 1.18. The van der Waals surface area contributed by atoms with Gasteiger partial charge in [-0.3, -0.25) is 9.78 Å². The molecule has 0 unspecified atom stereocenters. The van der Waals surface area contributed by atoms with Gasteiger partial charge in [0.25, 0.3) is 5.91 Å². The predicted molar refractivity (Wildman–Crippen MR) is 104 cm³/mol. The molecule has 0 atom stereocenters. The molecule has 3 rings (SSSR count). The quantitative estimate of drug-likeness (QED) is 0.621. The van der Waals surface area contributed by atoms with Gasteiger partial charge in [-0.1, -0.05) is 18.1 Å². The van der Waals surface area contributed by atoms with Crippen LogP contribution in [-0.4, -0.2) is 24.5 Å². The fourth-order valence-electron chi connectivity index (χ4n) is 2.46. The lowest BCUT2D eigenvalue weighted by Crippen LogP contribution is -2.26. The van der Waals surface area contributed by atoms with Crippen molar-refractivity contribution in [3.63, 3.8) is 0 Å². The molecule has 1 aromatic heterocycles. The van der Waals surface area contributed by atoms with Crippen LogP contribution < -0.4 is 14.4 Å². The van der Waals surface area contributed by atoms with E-state index in [4.69, 9.17) is 15.9 Å². The van der Waals surface area contributed by atoms with Crippen molar-refractivity contribution in [2.24, 2.45) is 0 Å². The minimum absolute atomic E-state index is 0.188. The van der Waals surface area contributed by atoms with Crippen LogP contribution in [0.15, 0.2) is 73.1 Å². The van der Waals surface area contributed by atoms with Crippen LogP contribution in [0.5, 0.6) is 17.2 Å². The summed E-state index contributed by atoms with van der Waals surface area (Å²) in [6.45, 7) is 0.202. The molecule has 3 aromatic rings. The maximum atomic E-state index is 13.0. The third-order valence-electron chi connectivity index (χ3n) is 3.83. The zero-order chi connectivity index (χ0) is 19.1. The molecular formula is C22H18N2O3. The molecule has 0 bridgehead atoms. The molecule has 0 saturated heterocycles. The Morgan fingerprint density at radius 1 is 1.07 bits per heavy atom. The van der Waals surface area contributed by atoms with Crippen molar-refractivity contribution in [2.45, 2.75) is 0 Å². The molecule has 0 fully saturated rings. The number of rotatable bonds is 6. The zero-order valence-electron chi connectivity index (χ0n) is 14.8. The van der Waals surface area contributed by atoms with Crippen molar-refractivity contribution < 1.29 is 14.3 Å². The van der Waals surface area contributed by atoms with Gasteiger partial charge in [0.15, 0.2) is 0 Å². The van der Waals surface area contributed by atoms with E-state index in [-0.39, 0.29) is 12.5 Å². The number of aromatic nitrogens is 1. The van der Waals surface area contributed by atoms with Crippen molar-refractivity contribution in [1.82, 2.24) is 4.98 Å². The van der Waals surface area contributed by atoms with Gasteiger partial charge in [0.2, 0.25) is 0 Å². The van der Waals surface area contributed by atoms with Crippen LogP contribution in [-0.2, 0) is 0 Å². The number of anilines is 1. The smallest absolute Gasteiger partial charge is 0.261 e. The Kier molecular flexibility index (Phi) is 5.70. The number of pyridine rings is 1. The second-order valence-electron chi connectivity index (χ2n) is 5.64. The summed E-state index contributed by atoms with van der Waals surface area (Å²) < 4.78 is 11.2. The van der Waals surface area contributed by atoms with Gasteiger partial charge < -0.3 is 14.4 Å². The number of ether oxygens (including phenoxy) is 2. The molecule has 0 saturated carbocycles. The first-order chi connectivity index (χ1) is 13.2. The van der Waals surface area contributed by atoms with Crippen molar-refractivity contribution >= 4 is 11.6 Å². The molecule has 0 N–H and O–H groups in total. The normalized spacial score (nSPS) is 9.93. The molecule has 0 spiro atoms. The molecule has 1 amide bonds. The molecule has 0 aliphatic carbocycles. The van der Waals surface area contributed by atoms with Gasteiger partial charge in [0, 0.05) is 18.9 Å². The van der Waals surface area contributed by atoms with E-state index < -0.39 is 0 Å². The van der Waals surface area contributed by atoms with Gasteiger partial charge in [-0.05, 0) is 48.5 Å². The summed E-state index contributed by atoms with van der Waals surface area (Å²) in [5, 5.41) is 0. The van der Waals surface area contributed by atoms with Crippen LogP contribution in [0.1, 0.15) is 10.4 Å². The summed E-state index contributed by atoms with van der Waals surface area (Å²) >= 11 is 0. The third-order valence-corrected chi connectivity index (χ3v) is 3.83. The van der Waals surface area contributed by atoms with Crippen LogP contribution in [0.2, 0.25) is 0 Å². The van der Waals surface area contributed by atoms with Crippen LogP contribution in [0.3, 0.4) is 0 Å². The van der Waals surface area contributed by atoms with Crippen molar-refractivity contribution in [1.29, 1.82) is 0 Å². The molecule has 0 radical (unpaired) electrons. The van der Waals surface area contributed by atoms with Crippen LogP contribution in [0.25, 0.3) is 0 Å². The standard InChI is InChI=1S/C22H18N2O3/c1-3-15-26-18-12-10-17(11-13-18)24(2)22(25)20-8-4-5-9-21(20)27-19-7-6-14-23-16-19/h1,4-14,16H,15H2,2H3.